The van der Waals surface area contributed by atoms with E-state index in [9.17, 15) is 0 Å². The van der Waals surface area contributed by atoms with Crippen molar-refractivity contribution >= 4 is 31.9 Å². The van der Waals surface area contributed by atoms with Gasteiger partial charge in [-0.3, -0.25) is 0 Å². The minimum atomic E-state index is 0.249. The van der Waals surface area contributed by atoms with Gasteiger partial charge in [-0.05, 0) is 49.6 Å². The molecule has 21 heavy (non-hydrogen) atoms. The summed E-state index contributed by atoms with van der Waals surface area (Å²) in [6, 6.07) is 4.02. The first-order valence-electron chi connectivity index (χ1n) is 6.26. The predicted molar refractivity (Wildman–Crippen MR) is 84.1 cm³/mol. The number of nitrogens with one attached hydrogen (secondary N) is 1. The molecule has 0 spiro atoms. The monoisotopic (exact) mass is 419 g/mol. The molecule has 0 amide bonds. The first-order chi connectivity index (χ1) is 10.2. The van der Waals surface area contributed by atoms with Gasteiger partial charge >= 0.3 is 0 Å². The summed E-state index contributed by atoms with van der Waals surface area (Å²) >= 11 is 7.03. The standard InChI is InChI=1S/C13H15Br2N3O3/c1-19-3-2-16-6-9-4-10(14)13(11(15)5-9)20-7-12-17-8-21-18-12/h4-5,8,16H,2-3,6-7H2,1H3. The number of hydrogen-bond donors (Lipinski definition) is 1. The highest BCUT2D eigenvalue weighted by molar-refractivity contribution is 9.11. The topological polar surface area (TPSA) is 69.4 Å². The van der Waals surface area contributed by atoms with Crippen LogP contribution >= 0.6 is 31.9 Å². The van der Waals surface area contributed by atoms with E-state index in [2.05, 4.69) is 51.8 Å². The average Bonchev–Trinajstić information content (AvgIpc) is 2.96. The molecule has 6 nitrogen and oxygen atoms in total. The number of methoxy groups -OCH3 is 1. The summed E-state index contributed by atoms with van der Waals surface area (Å²) in [6.45, 7) is 2.50. The molecule has 0 bridgehead atoms. The minimum Gasteiger partial charge on any atom is -0.483 e. The van der Waals surface area contributed by atoms with Gasteiger partial charge in [0.15, 0.2) is 6.61 Å². The van der Waals surface area contributed by atoms with E-state index >= 15 is 0 Å². The van der Waals surface area contributed by atoms with Crippen LogP contribution in [0.3, 0.4) is 0 Å². The molecule has 2 rings (SSSR count). The normalized spacial score (nSPS) is 10.8. The van der Waals surface area contributed by atoms with Crippen molar-refractivity contribution in [2.45, 2.75) is 13.2 Å². The molecule has 0 atom stereocenters. The molecule has 0 aliphatic rings. The van der Waals surface area contributed by atoms with Crippen LogP contribution in [-0.4, -0.2) is 30.4 Å². The largest absolute Gasteiger partial charge is 0.483 e. The SMILES string of the molecule is COCCNCc1cc(Br)c(OCc2ncon2)c(Br)c1. The van der Waals surface area contributed by atoms with Gasteiger partial charge in [0.05, 0.1) is 15.6 Å². The Kier molecular flexibility index (Phi) is 6.62. The summed E-state index contributed by atoms with van der Waals surface area (Å²) in [5, 5.41) is 6.99. The summed E-state index contributed by atoms with van der Waals surface area (Å²) < 4.78 is 17.1. The number of halogens is 2. The van der Waals surface area contributed by atoms with Crippen molar-refractivity contribution in [1.29, 1.82) is 0 Å². The minimum absolute atomic E-state index is 0.249. The summed E-state index contributed by atoms with van der Waals surface area (Å²) in [5.74, 6) is 1.21. The number of rotatable bonds is 8. The highest BCUT2D eigenvalue weighted by Gasteiger charge is 2.10. The molecule has 0 saturated carbocycles. The predicted octanol–water partition coefficient (Wildman–Crippen LogP) is 2.91. The molecular formula is C13H15Br2N3O3. The van der Waals surface area contributed by atoms with Gasteiger partial charge in [0, 0.05) is 20.2 Å². The second-order valence-electron chi connectivity index (χ2n) is 4.19. The van der Waals surface area contributed by atoms with Gasteiger partial charge in [0.25, 0.3) is 0 Å². The van der Waals surface area contributed by atoms with Crippen LogP contribution in [0.4, 0.5) is 0 Å². The van der Waals surface area contributed by atoms with Crippen molar-refractivity contribution in [3.63, 3.8) is 0 Å². The van der Waals surface area contributed by atoms with Crippen LogP contribution in [0.15, 0.2) is 32.0 Å². The smallest absolute Gasteiger partial charge is 0.213 e. The molecule has 0 aliphatic carbocycles. The van der Waals surface area contributed by atoms with Gasteiger partial charge in [-0.15, -0.1) is 0 Å². The Balaban J connectivity index is 1.96. The van der Waals surface area contributed by atoms with Crippen molar-refractivity contribution in [3.8, 4) is 5.75 Å². The average molecular weight is 421 g/mol. The van der Waals surface area contributed by atoms with Gasteiger partial charge < -0.3 is 19.3 Å². The molecule has 1 heterocycles. The van der Waals surface area contributed by atoms with Crippen LogP contribution in [0.25, 0.3) is 0 Å². The van der Waals surface area contributed by atoms with Crippen LogP contribution in [0, 0.1) is 0 Å². The van der Waals surface area contributed by atoms with E-state index in [-0.39, 0.29) is 6.61 Å². The molecule has 2 aromatic rings. The molecule has 114 valence electrons. The summed E-state index contributed by atoms with van der Waals surface area (Å²) in [4.78, 5) is 3.91. The molecule has 8 heteroatoms. The Labute approximate surface area is 139 Å². The third-order valence-electron chi connectivity index (χ3n) is 2.62. The molecule has 1 N–H and O–H groups in total. The Morgan fingerprint density at radius 1 is 1.29 bits per heavy atom. The van der Waals surface area contributed by atoms with E-state index in [1.165, 1.54) is 6.39 Å². The second kappa shape index (κ2) is 8.47. The lowest BCUT2D eigenvalue weighted by atomic mass is 10.2. The quantitative estimate of drug-likeness (QED) is 0.662. The first-order valence-corrected chi connectivity index (χ1v) is 7.85. The lowest BCUT2D eigenvalue weighted by molar-refractivity contribution is 0.199. The molecule has 1 aromatic heterocycles. The maximum absolute atomic E-state index is 5.69. The van der Waals surface area contributed by atoms with Crippen LogP contribution in [-0.2, 0) is 17.9 Å². The van der Waals surface area contributed by atoms with Crippen LogP contribution in [0.1, 0.15) is 11.4 Å². The number of hydrogen-bond acceptors (Lipinski definition) is 6. The Hall–Kier alpha value is -0.960. The van der Waals surface area contributed by atoms with Crippen LogP contribution in [0.5, 0.6) is 5.75 Å². The van der Waals surface area contributed by atoms with E-state index < -0.39 is 0 Å². The second-order valence-corrected chi connectivity index (χ2v) is 5.90. The Morgan fingerprint density at radius 3 is 2.67 bits per heavy atom. The van der Waals surface area contributed by atoms with Gasteiger partial charge in [0.1, 0.15) is 5.75 Å². The van der Waals surface area contributed by atoms with Crippen molar-refractivity contribution in [3.05, 3.63) is 38.9 Å². The number of aromatic nitrogens is 2. The van der Waals surface area contributed by atoms with Crippen molar-refractivity contribution in [1.82, 2.24) is 15.5 Å². The van der Waals surface area contributed by atoms with Gasteiger partial charge in [0.2, 0.25) is 12.2 Å². The number of benzene rings is 1. The van der Waals surface area contributed by atoms with E-state index in [4.69, 9.17) is 9.47 Å². The molecule has 0 radical (unpaired) electrons. The van der Waals surface area contributed by atoms with E-state index in [1.54, 1.807) is 7.11 Å². The number of nitrogens with zero attached hydrogens (tertiary/aromatic N) is 2. The van der Waals surface area contributed by atoms with E-state index in [0.29, 0.717) is 18.2 Å². The third kappa shape index (κ3) is 5.06. The fourth-order valence-electron chi connectivity index (χ4n) is 1.65. The summed E-state index contributed by atoms with van der Waals surface area (Å²) in [7, 11) is 1.69. The molecule has 1 aromatic carbocycles. The number of ether oxygens (including phenoxy) is 2. The lowest BCUT2D eigenvalue weighted by Crippen LogP contribution is -2.18. The zero-order chi connectivity index (χ0) is 15.1. The maximum Gasteiger partial charge on any atom is 0.213 e. The summed E-state index contributed by atoms with van der Waals surface area (Å²) in [5.41, 5.74) is 1.14. The van der Waals surface area contributed by atoms with E-state index in [0.717, 1.165) is 27.6 Å². The molecule has 0 aliphatic heterocycles. The fourth-order valence-corrected chi connectivity index (χ4v) is 3.16. The molecule has 0 fully saturated rings. The van der Waals surface area contributed by atoms with Crippen LogP contribution in [0.2, 0.25) is 0 Å². The maximum atomic E-state index is 5.69. The van der Waals surface area contributed by atoms with Crippen molar-refractivity contribution in [2.24, 2.45) is 0 Å². The lowest BCUT2D eigenvalue weighted by Gasteiger charge is -2.11. The zero-order valence-corrected chi connectivity index (χ0v) is 14.6. The Morgan fingerprint density at radius 2 is 2.05 bits per heavy atom. The van der Waals surface area contributed by atoms with Crippen LogP contribution < -0.4 is 10.1 Å². The zero-order valence-electron chi connectivity index (χ0n) is 11.4. The van der Waals surface area contributed by atoms with Gasteiger partial charge in [-0.25, -0.2) is 0 Å². The van der Waals surface area contributed by atoms with Gasteiger partial charge in [-0.2, -0.15) is 4.98 Å². The van der Waals surface area contributed by atoms with Gasteiger partial charge in [-0.1, -0.05) is 5.16 Å². The van der Waals surface area contributed by atoms with Crippen molar-refractivity contribution in [2.75, 3.05) is 20.3 Å². The third-order valence-corrected chi connectivity index (χ3v) is 3.80. The molecule has 0 saturated heterocycles. The summed E-state index contributed by atoms with van der Waals surface area (Å²) in [6.07, 6.45) is 1.28. The fraction of sp³-hybridized carbons (Fsp3) is 0.385. The Bertz CT molecular complexity index is 541. The van der Waals surface area contributed by atoms with Crippen molar-refractivity contribution < 1.29 is 14.0 Å². The molecular weight excluding hydrogens is 406 g/mol. The van der Waals surface area contributed by atoms with E-state index in [1.807, 2.05) is 12.1 Å². The highest BCUT2D eigenvalue weighted by atomic mass is 79.9. The first kappa shape index (κ1) is 16.4. The highest BCUT2D eigenvalue weighted by Crippen LogP contribution is 2.35. The molecule has 0 unspecified atom stereocenters.